The lowest BCUT2D eigenvalue weighted by Gasteiger charge is -2.02. The third kappa shape index (κ3) is 2.51. The molecule has 1 N–H and O–H groups in total. The lowest BCUT2D eigenvalue weighted by Crippen LogP contribution is -2.15. The molecule has 1 saturated carbocycles. The van der Waals surface area contributed by atoms with Crippen LogP contribution < -0.4 is 10.1 Å². The summed E-state index contributed by atoms with van der Waals surface area (Å²) in [7, 11) is 1.69. The van der Waals surface area contributed by atoms with E-state index in [1.165, 1.54) is 18.4 Å². The average Bonchev–Trinajstić information content (AvgIpc) is 3.17. The van der Waals surface area contributed by atoms with Gasteiger partial charge < -0.3 is 14.5 Å². The van der Waals surface area contributed by atoms with E-state index in [1.54, 1.807) is 7.11 Å². The minimum atomic E-state index is 0.691. The molecule has 2 aromatic rings. The van der Waals surface area contributed by atoms with Crippen molar-refractivity contribution in [3.63, 3.8) is 0 Å². The summed E-state index contributed by atoms with van der Waals surface area (Å²) in [5.74, 6) is 1.91. The number of nitrogens with one attached hydrogen (secondary N) is 1. The van der Waals surface area contributed by atoms with E-state index in [4.69, 9.17) is 9.15 Å². The van der Waals surface area contributed by atoms with Crippen LogP contribution in [0, 0.1) is 0 Å². The Hall–Kier alpha value is -1.00. The number of halogens is 1. The van der Waals surface area contributed by atoms with Gasteiger partial charge in [-0.3, -0.25) is 0 Å². The second-order valence-corrected chi connectivity index (χ2v) is 5.85. The molecule has 102 valence electrons. The van der Waals surface area contributed by atoms with Crippen LogP contribution in [-0.2, 0) is 13.0 Å². The number of hydrogen-bond donors (Lipinski definition) is 1. The predicted octanol–water partition coefficient (Wildman–Crippen LogP) is 4.02. The first-order valence-electron chi connectivity index (χ1n) is 6.74. The maximum absolute atomic E-state index is 6.03. The molecule has 0 unspecified atom stereocenters. The van der Waals surface area contributed by atoms with Gasteiger partial charge in [0.15, 0.2) is 0 Å². The van der Waals surface area contributed by atoms with Gasteiger partial charge in [-0.15, -0.1) is 0 Å². The van der Waals surface area contributed by atoms with Gasteiger partial charge >= 0.3 is 0 Å². The first-order chi connectivity index (χ1) is 9.22. The molecular weight excluding hydrogens is 306 g/mol. The first-order valence-corrected chi connectivity index (χ1v) is 7.53. The van der Waals surface area contributed by atoms with E-state index in [0.717, 1.165) is 39.9 Å². The highest BCUT2D eigenvalue weighted by atomic mass is 79.9. The summed E-state index contributed by atoms with van der Waals surface area (Å²) in [6.45, 7) is 2.98. The van der Waals surface area contributed by atoms with Crippen molar-refractivity contribution < 1.29 is 9.15 Å². The second kappa shape index (κ2) is 5.17. The highest BCUT2D eigenvalue weighted by Crippen LogP contribution is 2.35. The Morgan fingerprint density at radius 1 is 1.42 bits per heavy atom. The second-order valence-electron chi connectivity index (χ2n) is 5.00. The van der Waals surface area contributed by atoms with E-state index in [-0.39, 0.29) is 0 Å². The Kier molecular flexibility index (Phi) is 3.54. The smallest absolute Gasteiger partial charge is 0.149 e. The zero-order valence-electron chi connectivity index (χ0n) is 11.3. The van der Waals surface area contributed by atoms with Gasteiger partial charge in [0, 0.05) is 17.0 Å². The molecule has 1 aliphatic rings. The number of rotatable bonds is 5. The van der Waals surface area contributed by atoms with Crippen molar-refractivity contribution in [1.29, 1.82) is 0 Å². The van der Waals surface area contributed by atoms with Gasteiger partial charge in [0.1, 0.15) is 17.1 Å². The van der Waals surface area contributed by atoms with E-state index in [1.807, 2.05) is 6.07 Å². The van der Waals surface area contributed by atoms with Crippen LogP contribution in [0.5, 0.6) is 5.75 Å². The summed E-state index contributed by atoms with van der Waals surface area (Å²) in [5.41, 5.74) is 2.20. The van der Waals surface area contributed by atoms with E-state index in [2.05, 4.69) is 34.2 Å². The molecule has 4 heteroatoms. The highest BCUT2D eigenvalue weighted by molar-refractivity contribution is 9.10. The molecule has 0 aliphatic heterocycles. The van der Waals surface area contributed by atoms with Crippen molar-refractivity contribution in [2.24, 2.45) is 0 Å². The molecule has 1 aliphatic carbocycles. The Morgan fingerprint density at radius 2 is 2.21 bits per heavy atom. The molecule has 3 rings (SSSR count). The van der Waals surface area contributed by atoms with Crippen molar-refractivity contribution in [3.05, 3.63) is 27.9 Å². The number of fused-ring (bicyclic) bond motifs is 1. The molecule has 0 radical (unpaired) electrons. The minimum Gasteiger partial charge on any atom is -0.497 e. The van der Waals surface area contributed by atoms with Crippen LogP contribution in [0.25, 0.3) is 11.0 Å². The van der Waals surface area contributed by atoms with E-state index in [0.29, 0.717) is 6.04 Å². The molecule has 1 aromatic heterocycles. The topological polar surface area (TPSA) is 34.4 Å². The van der Waals surface area contributed by atoms with Gasteiger partial charge in [0.05, 0.1) is 18.1 Å². The maximum atomic E-state index is 6.03. The molecule has 19 heavy (non-hydrogen) atoms. The van der Waals surface area contributed by atoms with Crippen molar-refractivity contribution in [2.75, 3.05) is 7.11 Å². The van der Waals surface area contributed by atoms with Crippen LogP contribution in [0.15, 0.2) is 21.0 Å². The van der Waals surface area contributed by atoms with E-state index < -0.39 is 0 Å². The number of methoxy groups -OCH3 is 1. The van der Waals surface area contributed by atoms with Gasteiger partial charge in [-0.05, 0) is 47.3 Å². The van der Waals surface area contributed by atoms with Gasteiger partial charge in [-0.2, -0.15) is 0 Å². The summed E-state index contributed by atoms with van der Waals surface area (Å²) in [4.78, 5) is 0. The van der Waals surface area contributed by atoms with Gasteiger partial charge in [-0.1, -0.05) is 6.92 Å². The minimum absolute atomic E-state index is 0.691. The third-order valence-corrected chi connectivity index (χ3v) is 4.21. The Morgan fingerprint density at radius 3 is 2.84 bits per heavy atom. The summed E-state index contributed by atoms with van der Waals surface area (Å²) < 4.78 is 12.3. The SMILES string of the molecule is CCc1c(CNC2CC2)oc2c(Br)cc(OC)cc12. The van der Waals surface area contributed by atoms with Crippen LogP contribution in [0.1, 0.15) is 31.1 Å². The fourth-order valence-corrected chi connectivity index (χ4v) is 2.92. The number of benzene rings is 1. The zero-order chi connectivity index (χ0) is 13.4. The molecule has 0 bridgehead atoms. The lowest BCUT2D eigenvalue weighted by atomic mass is 10.1. The molecule has 1 aromatic carbocycles. The molecule has 1 heterocycles. The van der Waals surface area contributed by atoms with Gasteiger partial charge in [0.25, 0.3) is 0 Å². The van der Waals surface area contributed by atoms with E-state index >= 15 is 0 Å². The molecule has 3 nitrogen and oxygen atoms in total. The number of aryl methyl sites for hydroxylation is 1. The number of hydrogen-bond acceptors (Lipinski definition) is 3. The molecule has 0 saturated heterocycles. The normalized spacial score (nSPS) is 15.1. The van der Waals surface area contributed by atoms with Crippen LogP contribution in [0.4, 0.5) is 0 Å². The average molecular weight is 324 g/mol. The molecule has 0 atom stereocenters. The van der Waals surface area contributed by atoms with Crippen molar-refractivity contribution in [1.82, 2.24) is 5.32 Å². The largest absolute Gasteiger partial charge is 0.497 e. The van der Waals surface area contributed by atoms with Crippen LogP contribution in [-0.4, -0.2) is 13.2 Å². The van der Waals surface area contributed by atoms with E-state index in [9.17, 15) is 0 Å². The maximum Gasteiger partial charge on any atom is 0.149 e. The number of furan rings is 1. The third-order valence-electron chi connectivity index (χ3n) is 3.62. The standard InChI is InChI=1S/C15H18BrNO2/c1-3-11-12-6-10(18-2)7-13(16)15(12)19-14(11)8-17-9-4-5-9/h6-7,9,17H,3-5,8H2,1-2H3. The molecule has 1 fully saturated rings. The fraction of sp³-hybridized carbons (Fsp3) is 0.467. The predicted molar refractivity (Wildman–Crippen MR) is 79.7 cm³/mol. The van der Waals surface area contributed by atoms with Crippen LogP contribution >= 0.6 is 15.9 Å². The quantitative estimate of drug-likeness (QED) is 0.902. The molecular formula is C15H18BrNO2. The highest BCUT2D eigenvalue weighted by Gasteiger charge is 2.22. The number of ether oxygens (including phenoxy) is 1. The summed E-state index contributed by atoms with van der Waals surface area (Å²) in [5, 5.41) is 4.67. The first kappa shape index (κ1) is 13.0. The van der Waals surface area contributed by atoms with Crippen molar-refractivity contribution in [2.45, 2.75) is 38.8 Å². The van der Waals surface area contributed by atoms with Gasteiger partial charge in [-0.25, -0.2) is 0 Å². The zero-order valence-corrected chi connectivity index (χ0v) is 12.8. The van der Waals surface area contributed by atoms with Crippen molar-refractivity contribution in [3.8, 4) is 5.75 Å². The summed E-state index contributed by atoms with van der Waals surface area (Å²) in [6, 6.07) is 4.70. The lowest BCUT2D eigenvalue weighted by molar-refractivity contribution is 0.415. The Labute approximate surface area is 121 Å². The Bertz CT molecular complexity index is 602. The van der Waals surface area contributed by atoms with Crippen LogP contribution in [0.3, 0.4) is 0 Å². The van der Waals surface area contributed by atoms with Crippen LogP contribution in [0.2, 0.25) is 0 Å². The van der Waals surface area contributed by atoms with Crippen molar-refractivity contribution >= 4 is 26.9 Å². The molecule has 0 amide bonds. The summed E-state index contributed by atoms with van der Waals surface area (Å²) >= 11 is 3.56. The Balaban J connectivity index is 2.03. The molecule has 0 spiro atoms. The summed E-state index contributed by atoms with van der Waals surface area (Å²) in [6.07, 6.45) is 3.55. The monoisotopic (exact) mass is 323 g/mol. The van der Waals surface area contributed by atoms with Gasteiger partial charge in [0.2, 0.25) is 0 Å². The fourth-order valence-electron chi connectivity index (χ4n) is 2.40.